The van der Waals surface area contributed by atoms with Crippen molar-refractivity contribution in [1.82, 2.24) is 4.98 Å². The maximum Gasteiger partial charge on any atom is 0.433 e. The highest BCUT2D eigenvalue weighted by molar-refractivity contribution is 7.14. The van der Waals surface area contributed by atoms with E-state index in [2.05, 4.69) is 4.98 Å². The van der Waals surface area contributed by atoms with Gasteiger partial charge in [0.2, 0.25) is 5.78 Å². The molecule has 0 aliphatic heterocycles. The van der Waals surface area contributed by atoms with E-state index in [9.17, 15) is 18.0 Å². The third kappa shape index (κ3) is 2.96. The third-order valence-electron chi connectivity index (χ3n) is 2.35. The zero-order valence-electron chi connectivity index (χ0n) is 9.58. The molecule has 7 heteroatoms. The molecule has 100 valence electrons. The van der Waals surface area contributed by atoms with Crippen LogP contribution in [0.15, 0.2) is 24.3 Å². The van der Waals surface area contributed by atoms with Gasteiger partial charge < -0.3 is 0 Å². The molecule has 0 spiro atoms. The van der Waals surface area contributed by atoms with Crippen LogP contribution in [0.25, 0.3) is 0 Å². The van der Waals surface area contributed by atoms with Gasteiger partial charge in [0.25, 0.3) is 0 Å². The van der Waals surface area contributed by atoms with Crippen molar-refractivity contribution in [2.45, 2.75) is 13.1 Å². The zero-order valence-corrected chi connectivity index (χ0v) is 11.2. The van der Waals surface area contributed by atoms with Crippen LogP contribution in [0, 0.1) is 6.92 Å². The zero-order chi connectivity index (χ0) is 14.2. The number of ketones is 1. The first kappa shape index (κ1) is 14.0. The minimum Gasteiger partial charge on any atom is -0.288 e. The van der Waals surface area contributed by atoms with Crippen molar-refractivity contribution in [2.24, 2.45) is 0 Å². The number of hydrogen-bond acceptors (Lipinski definition) is 3. The molecular weight excluding hydrogens is 299 g/mol. The lowest BCUT2D eigenvalue weighted by Gasteiger charge is -2.07. The Morgan fingerprint density at radius 3 is 2.42 bits per heavy atom. The second-order valence-corrected chi connectivity index (χ2v) is 5.42. The first-order valence-corrected chi connectivity index (χ1v) is 6.33. The van der Waals surface area contributed by atoms with Crippen molar-refractivity contribution in [1.29, 1.82) is 0 Å². The van der Waals surface area contributed by atoms with Gasteiger partial charge in [-0.15, -0.1) is 11.3 Å². The average Bonchev–Trinajstić information content (AvgIpc) is 2.73. The molecule has 2 aromatic heterocycles. The highest BCUT2D eigenvalue weighted by atomic mass is 35.5. The van der Waals surface area contributed by atoms with Crippen LogP contribution in [-0.2, 0) is 6.18 Å². The summed E-state index contributed by atoms with van der Waals surface area (Å²) in [6.45, 7) is 1.83. The van der Waals surface area contributed by atoms with Crippen LogP contribution in [0.4, 0.5) is 13.2 Å². The Kier molecular flexibility index (Phi) is 3.64. The Labute approximate surface area is 115 Å². The molecule has 0 bridgehead atoms. The maximum atomic E-state index is 12.4. The van der Waals surface area contributed by atoms with Crippen LogP contribution in [0.5, 0.6) is 0 Å². The lowest BCUT2D eigenvalue weighted by atomic mass is 10.1. The lowest BCUT2D eigenvalue weighted by Crippen LogP contribution is -2.10. The van der Waals surface area contributed by atoms with Gasteiger partial charge in [-0.1, -0.05) is 11.6 Å². The highest BCUT2D eigenvalue weighted by Gasteiger charge is 2.33. The number of hydrogen-bond donors (Lipinski definition) is 0. The molecule has 2 heterocycles. The molecule has 0 unspecified atom stereocenters. The molecule has 0 amide bonds. The topological polar surface area (TPSA) is 30.0 Å². The maximum absolute atomic E-state index is 12.4. The predicted molar refractivity (Wildman–Crippen MR) is 66.7 cm³/mol. The molecular formula is C12H7ClF3NOS. The van der Waals surface area contributed by atoms with Crippen molar-refractivity contribution in [3.05, 3.63) is 50.4 Å². The number of aromatic nitrogens is 1. The minimum atomic E-state index is -4.58. The van der Waals surface area contributed by atoms with E-state index in [1.54, 1.807) is 12.1 Å². The van der Waals surface area contributed by atoms with Gasteiger partial charge in [0.05, 0.1) is 10.4 Å². The monoisotopic (exact) mass is 305 g/mol. The van der Waals surface area contributed by atoms with Gasteiger partial charge in [0, 0.05) is 4.88 Å². The molecule has 0 atom stereocenters. The van der Waals surface area contributed by atoms with Gasteiger partial charge in [0.15, 0.2) is 0 Å². The fraction of sp³-hybridized carbons (Fsp3) is 0.167. The fourth-order valence-electron chi connectivity index (χ4n) is 1.45. The van der Waals surface area contributed by atoms with Crippen molar-refractivity contribution in [3.8, 4) is 0 Å². The second kappa shape index (κ2) is 4.94. The van der Waals surface area contributed by atoms with Crippen LogP contribution >= 0.6 is 22.9 Å². The Morgan fingerprint density at radius 1 is 1.26 bits per heavy atom. The van der Waals surface area contributed by atoms with Crippen LogP contribution in [0.2, 0.25) is 5.15 Å². The quantitative estimate of drug-likeness (QED) is 0.609. The third-order valence-corrected chi connectivity index (χ3v) is 3.64. The number of carbonyl (C=O) groups excluding carboxylic acids is 1. The lowest BCUT2D eigenvalue weighted by molar-refractivity contribution is -0.141. The van der Waals surface area contributed by atoms with Gasteiger partial charge in [-0.2, -0.15) is 13.2 Å². The summed E-state index contributed by atoms with van der Waals surface area (Å²) in [4.78, 5) is 16.6. The second-order valence-electron chi connectivity index (χ2n) is 3.77. The molecule has 0 N–H and O–H groups in total. The summed E-state index contributed by atoms with van der Waals surface area (Å²) in [5, 5.41) is -0.439. The van der Waals surface area contributed by atoms with Crippen LogP contribution in [0.1, 0.15) is 25.8 Å². The van der Waals surface area contributed by atoms with E-state index in [-0.39, 0.29) is 5.56 Å². The number of carbonyl (C=O) groups is 1. The van der Waals surface area contributed by atoms with Gasteiger partial charge in [-0.3, -0.25) is 4.79 Å². The number of alkyl halides is 3. The largest absolute Gasteiger partial charge is 0.433 e. The summed E-state index contributed by atoms with van der Waals surface area (Å²) >= 11 is 6.91. The molecule has 2 rings (SSSR count). The first-order chi connectivity index (χ1) is 8.79. The smallest absolute Gasteiger partial charge is 0.288 e. The summed E-state index contributed by atoms with van der Waals surface area (Å²) in [5.74, 6) is -0.427. The number of thiophene rings is 1. The number of rotatable bonds is 2. The molecule has 0 radical (unpaired) electrons. The molecule has 2 nitrogen and oxygen atoms in total. The van der Waals surface area contributed by atoms with Crippen LogP contribution < -0.4 is 0 Å². The van der Waals surface area contributed by atoms with Gasteiger partial charge in [0.1, 0.15) is 10.8 Å². The van der Waals surface area contributed by atoms with E-state index >= 15 is 0 Å². The summed E-state index contributed by atoms with van der Waals surface area (Å²) < 4.78 is 37.3. The molecule has 19 heavy (non-hydrogen) atoms. The Hall–Kier alpha value is -1.40. The first-order valence-electron chi connectivity index (χ1n) is 5.14. The van der Waals surface area contributed by atoms with E-state index in [1.165, 1.54) is 11.3 Å². The summed E-state index contributed by atoms with van der Waals surface area (Å²) in [6.07, 6.45) is -4.58. The normalized spacial score (nSPS) is 11.6. The molecule has 0 aliphatic carbocycles. The van der Waals surface area contributed by atoms with E-state index in [0.29, 0.717) is 4.88 Å². The van der Waals surface area contributed by atoms with Crippen molar-refractivity contribution in [2.75, 3.05) is 0 Å². The molecule has 2 aromatic rings. The fourth-order valence-corrected chi connectivity index (χ4v) is 2.51. The van der Waals surface area contributed by atoms with E-state index < -0.39 is 22.8 Å². The number of halogens is 4. The molecule has 0 aromatic carbocycles. The highest BCUT2D eigenvalue weighted by Crippen LogP contribution is 2.30. The Morgan fingerprint density at radius 2 is 1.95 bits per heavy atom. The average molecular weight is 306 g/mol. The molecule has 0 fully saturated rings. The number of pyridine rings is 1. The molecule has 0 saturated carbocycles. The molecule has 0 saturated heterocycles. The Bertz CT molecular complexity index is 636. The molecule has 0 aliphatic rings. The van der Waals surface area contributed by atoms with Gasteiger partial charge in [-0.05, 0) is 31.2 Å². The number of aryl methyl sites for hydroxylation is 1. The summed E-state index contributed by atoms with van der Waals surface area (Å²) in [5.41, 5.74) is -1.15. The Balaban J connectivity index is 2.39. The van der Waals surface area contributed by atoms with E-state index in [4.69, 9.17) is 11.6 Å². The van der Waals surface area contributed by atoms with Crippen LogP contribution in [0.3, 0.4) is 0 Å². The number of nitrogens with zero attached hydrogens (tertiary/aromatic N) is 1. The van der Waals surface area contributed by atoms with E-state index in [0.717, 1.165) is 17.0 Å². The predicted octanol–water partition coefficient (Wildman–Crippen LogP) is 4.35. The van der Waals surface area contributed by atoms with Crippen molar-refractivity contribution < 1.29 is 18.0 Å². The van der Waals surface area contributed by atoms with Crippen LogP contribution in [-0.4, -0.2) is 10.8 Å². The van der Waals surface area contributed by atoms with E-state index in [1.807, 2.05) is 6.92 Å². The minimum absolute atomic E-state index is 0.0310. The van der Waals surface area contributed by atoms with Crippen molar-refractivity contribution in [3.63, 3.8) is 0 Å². The summed E-state index contributed by atoms with van der Waals surface area (Å²) in [6, 6.07) is 5.16. The SMILES string of the molecule is Cc1ccc(C(=O)c2ccc(C(F)(F)F)nc2Cl)s1. The van der Waals surface area contributed by atoms with Gasteiger partial charge in [-0.25, -0.2) is 4.98 Å². The van der Waals surface area contributed by atoms with Gasteiger partial charge >= 0.3 is 6.18 Å². The summed E-state index contributed by atoms with van der Waals surface area (Å²) in [7, 11) is 0. The standard InChI is InChI=1S/C12H7ClF3NOS/c1-6-2-4-8(19-6)10(18)7-3-5-9(12(14,15)16)17-11(7)13/h2-5H,1H3. The van der Waals surface area contributed by atoms with Crippen molar-refractivity contribution >= 4 is 28.7 Å².